The molecule has 124 valence electrons. The van der Waals surface area contributed by atoms with Gasteiger partial charge in [-0.15, -0.1) is 0 Å². The normalized spacial score (nSPS) is 17.2. The third kappa shape index (κ3) is 3.40. The van der Waals surface area contributed by atoms with E-state index in [-0.39, 0.29) is 18.2 Å². The number of nitrogens with one attached hydrogen (secondary N) is 1. The largest absolute Gasteiger partial charge is 0.324 e. The second kappa shape index (κ2) is 6.83. The summed E-state index contributed by atoms with van der Waals surface area (Å²) in [6.07, 6.45) is 0.179. The van der Waals surface area contributed by atoms with Crippen molar-refractivity contribution in [2.75, 3.05) is 16.8 Å². The Labute approximate surface area is 150 Å². The van der Waals surface area contributed by atoms with Gasteiger partial charge in [0, 0.05) is 23.7 Å². The number of amides is 2. The third-order valence-electron chi connectivity index (χ3n) is 4.09. The number of anilines is 2. The van der Waals surface area contributed by atoms with Gasteiger partial charge in [-0.1, -0.05) is 41.4 Å². The average molecular weight is 363 g/mol. The van der Waals surface area contributed by atoms with Crippen molar-refractivity contribution >= 4 is 46.4 Å². The van der Waals surface area contributed by atoms with Crippen LogP contribution < -0.4 is 10.2 Å². The van der Waals surface area contributed by atoms with E-state index in [4.69, 9.17) is 23.2 Å². The fraction of sp³-hybridized carbons (Fsp3) is 0.222. The smallest absolute Gasteiger partial charge is 0.229 e. The maximum Gasteiger partial charge on any atom is 0.229 e. The standard InChI is InChI=1S/C18H16Cl2N2O2/c1-11-4-2-3-5-16(11)22-10-12(8-17(22)23)18(24)21-15-9-13(19)6-7-14(15)20/h2-7,9,12H,8,10H2,1H3,(H,21,24). The number of benzene rings is 2. The monoisotopic (exact) mass is 362 g/mol. The van der Waals surface area contributed by atoms with E-state index in [1.807, 2.05) is 31.2 Å². The molecule has 1 N–H and O–H groups in total. The van der Waals surface area contributed by atoms with Crippen molar-refractivity contribution in [1.82, 2.24) is 0 Å². The molecule has 24 heavy (non-hydrogen) atoms. The number of nitrogens with zero attached hydrogens (tertiary/aromatic N) is 1. The van der Waals surface area contributed by atoms with E-state index >= 15 is 0 Å². The van der Waals surface area contributed by atoms with Crippen LogP contribution in [-0.4, -0.2) is 18.4 Å². The molecule has 1 aliphatic heterocycles. The molecule has 1 saturated heterocycles. The molecule has 0 bridgehead atoms. The SMILES string of the molecule is Cc1ccccc1N1CC(C(=O)Nc2cc(Cl)ccc2Cl)CC1=O. The summed E-state index contributed by atoms with van der Waals surface area (Å²) in [5.41, 5.74) is 2.30. The summed E-state index contributed by atoms with van der Waals surface area (Å²) in [5.74, 6) is -0.711. The minimum Gasteiger partial charge on any atom is -0.324 e. The molecule has 1 aliphatic rings. The quantitative estimate of drug-likeness (QED) is 0.884. The fourth-order valence-electron chi connectivity index (χ4n) is 2.81. The molecule has 0 radical (unpaired) electrons. The van der Waals surface area contributed by atoms with Crippen LogP contribution in [0.2, 0.25) is 10.0 Å². The number of aryl methyl sites for hydroxylation is 1. The van der Waals surface area contributed by atoms with Crippen LogP contribution in [0.4, 0.5) is 11.4 Å². The van der Waals surface area contributed by atoms with Crippen molar-refractivity contribution in [3.63, 3.8) is 0 Å². The van der Waals surface area contributed by atoms with E-state index in [0.717, 1.165) is 11.3 Å². The van der Waals surface area contributed by atoms with Gasteiger partial charge in [-0.05, 0) is 36.8 Å². The molecule has 2 amide bonds. The van der Waals surface area contributed by atoms with E-state index in [0.29, 0.717) is 22.3 Å². The molecule has 1 heterocycles. The Kier molecular flexibility index (Phi) is 4.78. The first-order valence-corrected chi connectivity index (χ1v) is 8.33. The number of rotatable bonds is 3. The van der Waals surface area contributed by atoms with Gasteiger partial charge in [0.25, 0.3) is 0 Å². The Balaban J connectivity index is 1.75. The van der Waals surface area contributed by atoms with Gasteiger partial charge in [0.05, 0.1) is 16.6 Å². The molecule has 3 rings (SSSR count). The lowest BCUT2D eigenvalue weighted by molar-refractivity contribution is -0.122. The van der Waals surface area contributed by atoms with Crippen molar-refractivity contribution in [2.45, 2.75) is 13.3 Å². The summed E-state index contributed by atoms with van der Waals surface area (Å²) in [6.45, 7) is 2.30. The molecule has 2 aromatic rings. The average Bonchev–Trinajstić information content (AvgIpc) is 2.93. The molecule has 4 nitrogen and oxygen atoms in total. The summed E-state index contributed by atoms with van der Waals surface area (Å²) in [7, 11) is 0. The molecule has 1 fully saturated rings. The lowest BCUT2D eigenvalue weighted by Gasteiger charge is -2.19. The highest BCUT2D eigenvalue weighted by molar-refractivity contribution is 6.35. The molecule has 6 heteroatoms. The van der Waals surface area contributed by atoms with Crippen molar-refractivity contribution < 1.29 is 9.59 Å². The van der Waals surface area contributed by atoms with E-state index in [2.05, 4.69) is 5.32 Å². The summed E-state index contributed by atoms with van der Waals surface area (Å²) in [6, 6.07) is 12.5. The Hall–Kier alpha value is -2.04. The first-order valence-electron chi connectivity index (χ1n) is 7.57. The molecule has 0 spiro atoms. The van der Waals surface area contributed by atoms with Crippen LogP contribution in [0.25, 0.3) is 0 Å². The minimum absolute atomic E-state index is 0.0540. The van der Waals surface area contributed by atoms with Gasteiger partial charge in [0.1, 0.15) is 0 Å². The van der Waals surface area contributed by atoms with Crippen molar-refractivity contribution in [3.05, 3.63) is 58.1 Å². The van der Waals surface area contributed by atoms with Gasteiger partial charge < -0.3 is 10.2 Å². The van der Waals surface area contributed by atoms with Crippen LogP contribution in [0, 0.1) is 12.8 Å². The predicted molar refractivity (Wildman–Crippen MR) is 96.7 cm³/mol. The fourth-order valence-corrected chi connectivity index (χ4v) is 3.15. The second-order valence-electron chi connectivity index (χ2n) is 5.81. The van der Waals surface area contributed by atoms with Crippen LogP contribution in [-0.2, 0) is 9.59 Å². The van der Waals surface area contributed by atoms with Gasteiger partial charge in [0.2, 0.25) is 11.8 Å². The molecule has 0 saturated carbocycles. The van der Waals surface area contributed by atoms with Crippen molar-refractivity contribution in [3.8, 4) is 0 Å². The number of halogens is 2. The zero-order valence-corrected chi connectivity index (χ0v) is 14.6. The van der Waals surface area contributed by atoms with Gasteiger partial charge in [-0.25, -0.2) is 0 Å². The number of carbonyl (C=O) groups is 2. The van der Waals surface area contributed by atoms with Gasteiger partial charge >= 0.3 is 0 Å². The first-order chi connectivity index (χ1) is 11.5. The first kappa shape index (κ1) is 16.8. The van der Waals surface area contributed by atoms with E-state index in [9.17, 15) is 9.59 Å². The van der Waals surface area contributed by atoms with Gasteiger partial charge in [-0.3, -0.25) is 9.59 Å². The topological polar surface area (TPSA) is 49.4 Å². The predicted octanol–water partition coefficient (Wildman–Crippen LogP) is 4.29. The van der Waals surface area contributed by atoms with Gasteiger partial charge in [-0.2, -0.15) is 0 Å². The molecular formula is C18H16Cl2N2O2. The zero-order chi connectivity index (χ0) is 17.3. The maximum absolute atomic E-state index is 12.5. The molecule has 1 unspecified atom stereocenters. The van der Waals surface area contributed by atoms with Crippen LogP contribution in [0.5, 0.6) is 0 Å². The maximum atomic E-state index is 12.5. The van der Waals surface area contributed by atoms with Crippen LogP contribution >= 0.6 is 23.2 Å². The highest BCUT2D eigenvalue weighted by Crippen LogP contribution is 2.30. The Morgan fingerprint density at radius 3 is 2.71 bits per heavy atom. The lowest BCUT2D eigenvalue weighted by atomic mass is 10.1. The van der Waals surface area contributed by atoms with Gasteiger partial charge in [0.15, 0.2) is 0 Å². The summed E-state index contributed by atoms with van der Waals surface area (Å²) in [4.78, 5) is 26.5. The van der Waals surface area contributed by atoms with Crippen LogP contribution in [0.3, 0.4) is 0 Å². The highest BCUT2D eigenvalue weighted by Gasteiger charge is 2.35. The second-order valence-corrected chi connectivity index (χ2v) is 6.65. The Morgan fingerprint density at radius 1 is 1.21 bits per heavy atom. The third-order valence-corrected chi connectivity index (χ3v) is 4.65. The summed E-state index contributed by atoms with van der Waals surface area (Å²) in [5, 5.41) is 3.66. The molecule has 0 aliphatic carbocycles. The van der Waals surface area contributed by atoms with E-state index in [1.54, 1.807) is 23.1 Å². The Bertz CT molecular complexity index is 807. The molecule has 0 aromatic heterocycles. The Morgan fingerprint density at radius 2 is 1.96 bits per heavy atom. The van der Waals surface area contributed by atoms with Crippen LogP contribution in [0.15, 0.2) is 42.5 Å². The van der Waals surface area contributed by atoms with E-state index < -0.39 is 5.92 Å². The highest BCUT2D eigenvalue weighted by atomic mass is 35.5. The lowest BCUT2D eigenvalue weighted by Crippen LogP contribution is -2.28. The molecule has 2 aromatic carbocycles. The zero-order valence-electron chi connectivity index (χ0n) is 13.1. The van der Waals surface area contributed by atoms with Crippen LogP contribution in [0.1, 0.15) is 12.0 Å². The molecular weight excluding hydrogens is 347 g/mol. The summed E-state index contributed by atoms with van der Waals surface area (Å²) < 4.78 is 0. The number of hydrogen-bond acceptors (Lipinski definition) is 2. The minimum atomic E-state index is -0.424. The van der Waals surface area contributed by atoms with Crippen molar-refractivity contribution in [2.24, 2.45) is 5.92 Å². The molecule has 1 atom stereocenters. The number of carbonyl (C=O) groups excluding carboxylic acids is 2. The number of para-hydroxylation sites is 1. The van der Waals surface area contributed by atoms with E-state index in [1.165, 1.54) is 0 Å². The number of hydrogen-bond donors (Lipinski definition) is 1. The summed E-state index contributed by atoms with van der Waals surface area (Å²) >= 11 is 12.0. The van der Waals surface area contributed by atoms with Crippen molar-refractivity contribution in [1.29, 1.82) is 0 Å².